The minimum atomic E-state index is -1.38. The predicted octanol–water partition coefficient (Wildman–Crippen LogP) is 2.17. The molecule has 0 bridgehead atoms. The molecule has 0 atom stereocenters. The summed E-state index contributed by atoms with van der Waals surface area (Å²) in [5, 5.41) is 0. The zero-order valence-electron chi connectivity index (χ0n) is 9.02. The first-order chi connectivity index (χ1) is 8.00. The predicted molar refractivity (Wildman–Crippen MR) is 55.7 cm³/mol. The van der Waals surface area contributed by atoms with Crippen LogP contribution in [0.1, 0.15) is 12.8 Å². The molecule has 6 heteroatoms. The Kier molecular flexibility index (Phi) is 3.24. The summed E-state index contributed by atoms with van der Waals surface area (Å²) in [6.45, 7) is 0.579. The average molecular weight is 248 g/mol. The minimum Gasteiger partial charge on any atom is -0.366 e. The van der Waals surface area contributed by atoms with Crippen LogP contribution in [0.3, 0.4) is 0 Å². The Bertz CT molecular complexity index is 402. The number of hydrogen-bond donors (Lipinski definition) is 1. The summed E-state index contributed by atoms with van der Waals surface area (Å²) in [7, 11) is 0. The van der Waals surface area contributed by atoms with Crippen molar-refractivity contribution in [3.05, 3.63) is 29.3 Å². The molecule has 17 heavy (non-hydrogen) atoms. The first-order valence-electron chi connectivity index (χ1n) is 5.34. The smallest absolute Gasteiger partial charge is 0.185 e. The fourth-order valence-corrected chi connectivity index (χ4v) is 1.96. The van der Waals surface area contributed by atoms with Gasteiger partial charge in [0.2, 0.25) is 0 Å². The molecule has 0 amide bonds. The molecule has 0 radical (unpaired) electrons. The topological polar surface area (TPSA) is 29.3 Å². The van der Waals surface area contributed by atoms with Crippen LogP contribution in [0.15, 0.2) is 6.07 Å². The van der Waals surface area contributed by atoms with Gasteiger partial charge >= 0.3 is 0 Å². The molecule has 2 rings (SSSR count). The summed E-state index contributed by atoms with van der Waals surface area (Å²) in [5.41, 5.74) is 5.02. The maximum atomic E-state index is 13.5. The maximum absolute atomic E-state index is 13.5. The number of rotatable bonds is 1. The van der Waals surface area contributed by atoms with E-state index in [9.17, 15) is 17.6 Å². The van der Waals surface area contributed by atoms with Crippen LogP contribution in [0.4, 0.5) is 23.2 Å². The second-order valence-electron chi connectivity index (χ2n) is 4.14. The van der Waals surface area contributed by atoms with E-state index in [0.29, 0.717) is 12.8 Å². The quantitative estimate of drug-likeness (QED) is 0.609. The van der Waals surface area contributed by atoms with E-state index in [1.54, 1.807) is 0 Å². The van der Waals surface area contributed by atoms with Gasteiger partial charge in [-0.15, -0.1) is 0 Å². The summed E-state index contributed by atoms with van der Waals surface area (Å²) in [6, 6.07) is 0.180. The Morgan fingerprint density at radius 2 is 1.47 bits per heavy atom. The average Bonchev–Trinajstić information content (AvgIpc) is 2.29. The molecule has 1 aromatic rings. The van der Waals surface area contributed by atoms with Crippen LogP contribution in [0, 0.1) is 23.3 Å². The highest BCUT2D eigenvalue weighted by Crippen LogP contribution is 2.29. The lowest BCUT2D eigenvalue weighted by Crippen LogP contribution is -2.40. The number of nitrogens with two attached hydrogens (primary N) is 1. The van der Waals surface area contributed by atoms with Crippen molar-refractivity contribution >= 4 is 5.69 Å². The van der Waals surface area contributed by atoms with Crippen LogP contribution < -0.4 is 10.6 Å². The van der Waals surface area contributed by atoms with Crippen LogP contribution in [-0.2, 0) is 0 Å². The standard InChI is InChI=1S/C11H12F4N2/c12-7-5-8(13)10(15)11(9(7)14)17-3-1-6(16)2-4-17/h5-6H,1-4,16H2. The number of nitrogens with zero attached hydrogens (tertiary/aromatic N) is 1. The van der Waals surface area contributed by atoms with Gasteiger partial charge in [0.1, 0.15) is 5.69 Å². The summed E-state index contributed by atoms with van der Waals surface area (Å²) >= 11 is 0. The molecule has 1 aliphatic heterocycles. The van der Waals surface area contributed by atoms with Crippen molar-refractivity contribution in [2.24, 2.45) is 5.73 Å². The zero-order chi connectivity index (χ0) is 12.6. The number of benzene rings is 1. The van der Waals surface area contributed by atoms with Crippen molar-refractivity contribution in [3.63, 3.8) is 0 Å². The summed E-state index contributed by atoms with van der Waals surface area (Å²) < 4.78 is 53.0. The van der Waals surface area contributed by atoms with Gasteiger partial charge in [0, 0.05) is 25.2 Å². The van der Waals surface area contributed by atoms with Crippen molar-refractivity contribution in [2.75, 3.05) is 18.0 Å². The molecule has 0 unspecified atom stereocenters. The van der Waals surface area contributed by atoms with Gasteiger partial charge in [0.15, 0.2) is 23.3 Å². The molecule has 0 aromatic heterocycles. The van der Waals surface area contributed by atoms with Crippen molar-refractivity contribution in [3.8, 4) is 0 Å². The Morgan fingerprint density at radius 3 is 1.94 bits per heavy atom. The van der Waals surface area contributed by atoms with Gasteiger partial charge < -0.3 is 10.6 Å². The molecule has 1 saturated heterocycles. The Hall–Kier alpha value is -1.30. The molecule has 1 aliphatic rings. The highest BCUT2D eigenvalue weighted by atomic mass is 19.2. The second-order valence-corrected chi connectivity index (χ2v) is 4.14. The normalized spacial score (nSPS) is 17.6. The summed E-state index contributed by atoms with van der Waals surface area (Å²) in [5.74, 6) is -5.46. The molecule has 0 aliphatic carbocycles. The lowest BCUT2D eigenvalue weighted by atomic mass is 10.1. The molecule has 2 N–H and O–H groups in total. The fraction of sp³-hybridized carbons (Fsp3) is 0.455. The Labute approximate surface area is 96.0 Å². The fourth-order valence-electron chi connectivity index (χ4n) is 1.96. The number of piperidine rings is 1. The van der Waals surface area contributed by atoms with Gasteiger partial charge in [-0.1, -0.05) is 0 Å². The molecule has 0 saturated carbocycles. The second kappa shape index (κ2) is 4.52. The third-order valence-electron chi connectivity index (χ3n) is 2.94. The first kappa shape index (κ1) is 12.2. The molecule has 1 aromatic carbocycles. The summed E-state index contributed by atoms with van der Waals surface area (Å²) in [4.78, 5) is 1.29. The van der Waals surface area contributed by atoms with E-state index in [1.807, 2.05) is 0 Å². The number of hydrogen-bond acceptors (Lipinski definition) is 2. The third kappa shape index (κ3) is 2.22. The Balaban J connectivity index is 2.37. The van der Waals surface area contributed by atoms with Gasteiger partial charge in [0.05, 0.1) is 0 Å². The lowest BCUT2D eigenvalue weighted by Gasteiger charge is -2.32. The van der Waals surface area contributed by atoms with E-state index in [1.165, 1.54) is 4.90 Å². The first-order valence-corrected chi connectivity index (χ1v) is 5.34. The van der Waals surface area contributed by atoms with E-state index >= 15 is 0 Å². The third-order valence-corrected chi connectivity index (χ3v) is 2.94. The van der Waals surface area contributed by atoms with Crippen LogP contribution >= 0.6 is 0 Å². The maximum Gasteiger partial charge on any atom is 0.185 e. The van der Waals surface area contributed by atoms with Gasteiger partial charge in [-0.2, -0.15) is 0 Å². The van der Waals surface area contributed by atoms with Crippen molar-refractivity contribution in [2.45, 2.75) is 18.9 Å². The highest BCUT2D eigenvalue weighted by Gasteiger charge is 2.26. The van der Waals surface area contributed by atoms with Crippen LogP contribution in [0.2, 0.25) is 0 Å². The molecule has 1 fully saturated rings. The zero-order valence-corrected chi connectivity index (χ0v) is 9.02. The van der Waals surface area contributed by atoms with Gasteiger partial charge in [-0.3, -0.25) is 0 Å². The number of anilines is 1. The molecular weight excluding hydrogens is 236 g/mol. The van der Waals surface area contributed by atoms with E-state index in [4.69, 9.17) is 5.73 Å². The SMILES string of the molecule is NC1CCN(c2c(F)c(F)cc(F)c2F)CC1. The monoisotopic (exact) mass is 248 g/mol. The lowest BCUT2D eigenvalue weighted by molar-refractivity contribution is 0.436. The van der Waals surface area contributed by atoms with Gasteiger partial charge in [-0.05, 0) is 12.8 Å². The van der Waals surface area contributed by atoms with Crippen LogP contribution in [0.25, 0.3) is 0 Å². The molecule has 94 valence electrons. The minimum absolute atomic E-state index is 0.0317. The van der Waals surface area contributed by atoms with Crippen molar-refractivity contribution < 1.29 is 17.6 Å². The van der Waals surface area contributed by atoms with Crippen LogP contribution in [0.5, 0.6) is 0 Å². The van der Waals surface area contributed by atoms with E-state index in [-0.39, 0.29) is 25.2 Å². The van der Waals surface area contributed by atoms with Gasteiger partial charge in [-0.25, -0.2) is 17.6 Å². The molecule has 0 spiro atoms. The van der Waals surface area contributed by atoms with Gasteiger partial charge in [0.25, 0.3) is 0 Å². The van der Waals surface area contributed by atoms with Crippen LogP contribution in [-0.4, -0.2) is 19.1 Å². The molecular formula is C11H12F4N2. The summed E-state index contributed by atoms with van der Waals surface area (Å²) in [6.07, 6.45) is 1.08. The molecule has 1 heterocycles. The van der Waals surface area contributed by atoms with E-state index in [2.05, 4.69) is 0 Å². The van der Waals surface area contributed by atoms with Crippen molar-refractivity contribution in [1.29, 1.82) is 0 Å². The highest BCUT2D eigenvalue weighted by molar-refractivity contribution is 5.50. The molecule has 2 nitrogen and oxygen atoms in total. The van der Waals surface area contributed by atoms with E-state index in [0.717, 1.165) is 0 Å². The Morgan fingerprint density at radius 1 is 1.00 bits per heavy atom. The van der Waals surface area contributed by atoms with Crippen molar-refractivity contribution in [1.82, 2.24) is 0 Å². The number of halogens is 4. The largest absolute Gasteiger partial charge is 0.366 e. The van der Waals surface area contributed by atoms with E-state index < -0.39 is 29.0 Å².